The summed E-state index contributed by atoms with van der Waals surface area (Å²) in [5.74, 6) is -7.37. The summed E-state index contributed by atoms with van der Waals surface area (Å²) in [5, 5.41) is 0. The van der Waals surface area contributed by atoms with Crippen LogP contribution in [0, 0.1) is 59.2 Å². The fourth-order valence-electron chi connectivity index (χ4n) is 18.4. The Morgan fingerprint density at radius 3 is 1.29 bits per heavy atom. The zero-order chi connectivity index (χ0) is 98.5. The Hall–Kier alpha value is -11.6. The second-order valence-corrected chi connectivity index (χ2v) is 37.2. The molecular weight excluding hydrogens is 1750 g/mol. The van der Waals surface area contributed by atoms with Gasteiger partial charge in [0, 0.05) is 77.4 Å². The molecule has 14 fully saturated rings. The van der Waals surface area contributed by atoms with Crippen LogP contribution in [-0.2, 0) is 181 Å². The van der Waals surface area contributed by atoms with Gasteiger partial charge in [0.2, 0.25) is 0 Å². The molecule has 0 amide bonds. The Morgan fingerprint density at radius 2 is 0.759 bits per heavy atom. The Kier molecular flexibility index (Phi) is 37.6. The fraction of sp³-hybridized carbons (Fsp3) is 0.674. The van der Waals surface area contributed by atoms with E-state index in [1.165, 1.54) is 34.6 Å². The number of carbonyl (C=O) groups is 19. The highest BCUT2D eigenvalue weighted by Crippen LogP contribution is 2.57. The molecule has 0 N–H and O–H groups in total. The van der Waals surface area contributed by atoms with Crippen molar-refractivity contribution in [2.75, 3.05) is 52.9 Å². The van der Waals surface area contributed by atoms with Crippen molar-refractivity contribution in [1.29, 1.82) is 0 Å². The first kappa shape index (κ1) is 107. The van der Waals surface area contributed by atoms with Gasteiger partial charge in [0.1, 0.15) is 111 Å². The van der Waals surface area contributed by atoms with Crippen molar-refractivity contribution in [2.24, 2.45) is 59.2 Å². The number of hydrogen-bond acceptors (Lipinski definition) is 38. The smallest absolute Gasteiger partial charge is 0.333 e. The highest BCUT2D eigenvalue weighted by Gasteiger charge is 2.63. The van der Waals surface area contributed by atoms with Crippen LogP contribution in [0.1, 0.15) is 231 Å². The van der Waals surface area contributed by atoms with Crippen LogP contribution in [0.5, 0.6) is 0 Å². The van der Waals surface area contributed by atoms with Crippen LogP contribution in [0.15, 0.2) is 72.9 Å². The molecule has 7 aliphatic heterocycles. The molecule has 14 aliphatic rings. The van der Waals surface area contributed by atoms with Crippen molar-refractivity contribution in [2.45, 2.75) is 295 Å². The first-order valence-electron chi connectivity index (χ1n) is 45.0. The van der Waals surface area contributed by atoms with Crippen molar-refractivity contribution in [1.82, 2.24) is 0 Å². The van der Waals surface area contributed by atoms with E-state index in [1.807, 2.05) is 6.92 Å². The van der Waals surface area contributed by atoms with E-state index in [-0.39, 0.29) is 232 Å². The Balaban J connectivity index is 0.000000197. The van der Waals surface area contributed by atoms with E-state index in [0.29, 0.717) is 95.7 Å². The Bertz CT molecular complexity index is 4470. The van der Waals surface area contributed by atoms with Crippen molar-refractivity contribution in [3.63, 3.8) is 0 Å². The fourth-order valence-corrected chi connectivity index (χ4v) is 18.4. The van der Waals surface area contributed by atoms with Crippen molar-refractivity contribution in [3.8, 4) is 0 Å². The second-order valence-electron chi connectivity index (χ2n) is 37.2. The van der Waals surface area contributed by atoms with E-state index in [1.54, 1.807) is 41.5 Å². The molecule has 21 atom stereocenters. The predicted molar refractivity (Wildman–Crippen MR) is 455 cm³/mol. The number of esters is 19. The van der Waals surface area contributed by atoms with Gasteiger partial charge in [-0.15, -0.1) is 0 Å². The normalized spacial score (nSPS) is 30.9. The maximum atomic E-state index is 12.0. The SMILES string of the molecule is C=C(C)C(=O)OCCC(=O)OC1(C)CCC2CC1(C)OC2=O.C=C(C)C(=O)OCCC(=O)OC1C(C)CC2CC1(C)OC2=O.C=C(C)C(=O)OCCC(=O)OC1CC2CC1C1COC(=O)C21.C=C(C)C(=O)OCCC(=O)OC1CC2CCC1(C)OC2=O.C=C(C)C(=O)OCCC(=O)OC1CCC2CC1(C)OC2=O.C=C(C)C(=O)OCCOC(=O)CCC(=O)OC1CCC2CC1OC2=O. The molecule has 7 aliphatic carbocycles. The van der Waals surface area contributed by atoms with Crippen molar-refractivity contribution in [3.05, 3.63) is 72.9 Å². The summed E-state index contributed by atoms with van der Waals surface area (Å²) in [4.78, 5) is 220. The van der Waals surface area contributed by atoms with E-state index in [9.17, 15) is 91.1 Å². The first-order chi connectivity index (χ1) is 62.4. The molecule has 0 aromatic rings. The molecule has 133 heavy (non-hydrogen) atoms. The first-order valence-corrected chi connectivity index (χ1v) is 45.0. The quantitative estimate of drug-likeness (QED) is 0.0256. The molecular formula is C95H126O38. The van der Waals surface area contributed by atoms with Gasteiger partial charge in [0.15, 0.2) is 0 Å². The zero-order valence-corrected chi connectivity index (χ0v) is 77.9. The van der Waals surface area contributed by atoms with Gasteiger partial charge in [0.25, 0.3) is 0 Å². The van der Waals surface area contributed by atoms with Gasteiger partial charge in [-0.3, -0.25) is 62.3 Å². The molecule has 38 nitrogen and oxygen atoms in total. The minimum atomic E-state index is -0.842. The largest absolute Gasteiger partial charge is 0.465 e. The molecule has 38 heteroatoms. The lowest BCUT2D eigenvalue weighted by atomic mass is 9.71. The molecule has 7 saturated heterocycles. The third-order valence-corrected chi connectivity index (χ3v) is 25.8. The summed E-state index contributed by atoms with van der Waals surface area (Å²) in [6, 6.07) is 0. The molecule has 734 valence electrons. The Morgan fingerprint density at radius 1 is 0.346 bits per heavy atom. The molecule has 21 unspecified atom stereocenters. The lowest BCUT2D eigenvalue weighted by Gasteiger charge is -2.47. The number of hydrogen-bond donors (Lipinski definition) is 0. The summed E-state index contributed by atoms with van der Waals surface area (Å²) in [6.45, 7) is 41.0. The highest BCUT2D eigenvalue weighted by atomic mass is 16.7. The number of fused-ring (bicyclic) bond motifs is 16. The van der Waals surface area contributed by atoms with Crippen molar-refractivity contribution >= 4 is 113 Å². The molecule has 7 heterocycles. The zero-order valence-electron chi connectivity index (χ0n) is 77.9. The summed E-state index contributed by atoms with van der Waals surface area (Å²) in [7, 11) is 0. The average Bonchev–Trinajstić information content (AvgIpc) is 1.61. The van der Waals surface area contributed by atoms with Crippen LogP contribution in [0.3, 0.4) is 0 Å². The second kappa shape index (κ2) is 46.8. The van der Waals surface area contributed by atoms with Gasteiger partial charge in [0.05, 0.1) is 87.1 Å². The maximum Gasteiger partial charge on any atom is 0.333 e. The summed E-state index contributed by atoms with van der Waals surface area (Å²) in [5.41, 5.74) is -2.12. The molecule has 0 aromatic heterocycles. The predicted octanol–water partition coefficient (Wildman–Crippen LogP) is 9.03. The third-order valence-electron chi connectivity index (χ3n) is 25.8. The number of ether oxygens (including phenoxy) is 19. The molecule has 7 saturated carbocycles. The third kappa shape index (κ3) is 29.2. The number of cyclic esters (lactones) is 1. The molecule has 14 rings (SSSR count). The molecule has 0 spiro atoms. The van der Waals surface area contributed by atoms with Crippen LogP contribution in [0.2, 0.25) is 0 Å². The number of carbonyl (C=O) groups excluding carboxylic acids is 19. The maximum absolute atomic E-state index is 12.0. The molecule has 0 aromatic carbocycles. The van der Waals surface area contributed by atoms with Gasteiger partial charge < -0.3 is 90.0 Å². The van der Waals surface area contributed by atoms with Gasteiger partial charge in [-0.05, 0) is 159 Å². The summed E-state index contributed by atoms with van der Waals surface area (Å²) < 4.78 is 98.4. The van der Waals surface area contributed by atoms with Crippen LogP contribution in [0.25, 0.3) is 0 Å². The van der Waals surface area contributed by atoms with Gasteiger partial charge in [-0.25, -0.2) is 28.8 Å². The summed E-state index contributed by atoms with van der Waals surface area (Å²) in [6.07, 6.45) is 7.84. The topological polar surface area (TPSA) is 500 Å². The van der Waals surface area contributed by atoms with Crippen LogP contribution in [-0.4, -0.2) is 231 Å². The average molecular weight is 1880 g/mol. The van der Waals surface area contributed by atoms with E-state index in [0.717, 1.165) is 19.3 Å². The Labute approximate surface area is 771 Å². The van der Waals surface area contributed by atoms with Gasteiger partial charge >= 0.3 is 113 Å². The van der Waals surface area contributed by atoms with E-state index in [2.05, 4.69) is 39.5 Å². The monoisotopic (exact) mass is 1870 g/mol. The van der Waals surface area contributed by atoms with Crippen LogP contribution >= 0.6 is 0 Å². The molecule has 0 radical (unpaired) electrons. The lowest BCUT2D eigenvalue weighted by molar-refractivity contribution is -0.218. The minimum absolute atomic E-state index is 0.000999. The molecule has 12 bridgehead atoms. The standard InChI is InChI=1S/C17H22O8.C16H20O6.2C16H22O6.2C15H20O6/c1-10(2)16(20)23-8-7-22-14(18)5-6-15(19)24-12-4-3-11-9-13(12)25-17(11)21;1-8(2)15(18)20-4-3-13(17)22-12-6-9-5-10(12)11-7-21-16(19)14(9)11;1-10(2)13(18)20-8-6-12(17)21-15(3)7-5-11-9-16(15,4)22-14(11)19;1-9(2)14(18)20-6-5-12(17)21-13-10(3)7-11-8-16(13,4)22-15(11)19;1-9(2)13(17)19-7-5-12(16)20-11-8-10-4-6-15(11,3)21-14(10)18;1-9(2)13(17)19-7-6-12(16)20-11-5-4-10-8-15(11,3)21-14(10)18/h11-13H,1,3-9H2,2H3;9-12,14H,1,3-7H2,2H3;11H,1,5-9H2,2-4H3;10-11,13H,1,5-8H2,2-4H3;2*10-11H,1,4-8H2,2-3H3. The van der Waals surface area contributed by atoms with Crippen LogP contribution < -0.4 is 0 Å². The van der Waals surface area contributed by atoms with E-state index >= 15 is 0 Å². The highest BCUT2D eigenvalue weighted by molar-refractivity contribution is 5.90. The minimum Gasteiger partial charge on any atom is -0.465 e. The van der Waals surface area contributed by atoms with Crippen LogP contribution in [0.4, 0.5) is 0 Å². The van der Waals surface area contributed by atoms with Gasteiger partial charge in [-0.2, -0.15) is 0 Å². The lowest BCUT2D eigenvalue weighted by Crippen LogP contribution is -2.57. The van der Waals surface area contributed by atoms with Gasteiger partial charge in [-0.1, -0.05) is 46.4 Å². The number of rotatable bonds is 33. The van der Waals surface area contributed by atoms with E-state index in [4.69, 9.17) is 90.0 Å². The van der Waals surface area contributed by atoms with E-state index < -0.39 is 124 Å². The summed E-state index contributed by atoms with van der Waals surface area (Å²) >= 11 is 0. The van der Waals surface area contributed by atoms with Crippen molar-refractivity contribution < 1.29 is 181 Å².